The molecule has 30 heavy (non-hydrogen) atoms. The lowest BCUT2D eigenvalue weighted by Gasteiger charge is -2.15. The molecule has 0 aliphatic heterocycles. The number of methoxy groups -OCH3 is 1. The summed E-state index contributed by atoms with van der Waals surface area (Å²) in [4.78, 5) is 38.1. The molecule has 2 rings (SSSR count). The van der Waals surface area contributed by atoms with Gasteiger partial charge in [-0.05, 0) is 35.4 Å². The summed E-state index contributed by atoms with van der Waals surface area (Å²) in [6.45, 7) is 0.0822. The van der Waals surface area contributed by atoms with Gasteiger partial charge in [-0.3, -0.25) is 14.4 Å². The van der Waals surface area contributed by atoms with Gasteiger partial charge in [0.25, 0.3) is 11.8 Å². The molecular formula is C20H21N5O5. The fourth-order valence-electron chi connectivity index (χ4n) is 2.66. The van der Waals surface area contributed by atoms with Gasteiger partial charge < -0.3 is 20.5 Å². The van der Waals surface area contributed by atoms with Crippen LogP contribution in [0.25, 0.3) is 10.4 Å². The lowest BCUT2D eigenvalue weighted by atomic mass is 10.1. The highest BCUT2D eigenvalue weighted by Crippen LogP contribution is 2.17. The van der Waals surface area contributed by atoms with Crippen molar-refractivity contribution in [1.82, 2.24) is 10.6 Å². The molecule has 10 heteroatoms. The highest BCUT2D eigenvalue weighted by molar-refractivity contribution is 5.97. The molecule has 0 radical (unpaired) electrons. The molecule has 0 fully saturated rings. The monoisotopic (exact) mass is 411 g/mol. The number of aliphatic carboxylic acids is 1. The molecule has 0 unspecified atom stereocenters. The van der Waals surface area contributed by atoms with Crippen molar-refractivity contribution in [3.05, 3.63) is 75.7 Å². The van der Waals surface area contributed by atoms with Gasteiger partial charge in [-0.1, -0.05) is 29.4 Å². The average molecular weight is 411 g/mol. The number of para-hydroxylation sites is 1. The zero-order valence-electron chi connectivity index (χ0n) is 16.2. The third-order valence-corrected chi connectivity index (χ3v) is 4.14. The van der Waals surface area contributed by atoms with E-state index in [-0.39, 0.29) is 25.4 Å². The number of rotatable bonds is 10. The van der Waals surface area contributed by atoms with Gasteiger partial charge in [-0.2, -0.15) is 0 Å². The molecule has 156 valence electrons. The zero-order valence-corrected chi connectivity index (χ0v) is 16.2. The van der Waals surface area contributed by atoms with Gasteiger partial charge in [0.15, 0.2) is 0 Å². The van der Waals surface area contributed by atoms with E-state index in [4.69, 9.17) is 15.4 Å². The van der Waals surface area contributed by atoms with Crippen LogP contribution >= 0.6 is 0 Å². The van der Waals surface area contributed by atoms with Crippen molar-refractivity contribution in [1.29, 1.82) is 0 Å². The summed E-state index contributed by atoms with van der Waals surface area (Å²) in [5.74, 6) is -1.42. The Morgan fingerprint density at radius 2 is 1.83 bits per heavy atom. The first kappa shape index (κ1) is 22.3. The van der Waals surface area contributed by atoms with Gasteiger partial charge in [0.2, 0.25) is 0 Å². The summed E-state index contributed by atoms with van der Waals surface area (Å²) in [5.41, 5.74) is 9.88. The fourth-order valence-corrected chi connectivity index (χ4v) is 2.66. The molecule has 0 saturated carbocycles. The molecule has 0 heterocycles. The number of benzene rings is 2. The topological polar surface area (TPSA) is 153 Å². The third-order valence-electron chi connectivity index (χ3n) is 4.14. The maximum Gasteiger partial charge on any atom is 0.305 e. The van der Waals surface area contributed by atoms with Gasteiger partial charge >= 0.3 is 5.97 Å². The van der Waals surface area contributed by atoms with E-state index in [2.05, 4.69) is 20.7 Å². The standard InChI is InChI=1S/C20H21N5O5/c1-30-17-5-3-2-4-16(17)20(29)22-11-13-6-8-14(9-7-13)19(28)24-15(10-18(26)27)12-23-25-21/h2-9,15H,10-12H2,1H3,(H,22,29)(H,24,28)(H,26,27)/t15-/m0/s1. The van der Waals surface area contributed by atoms with Crippen LogP contribution in [0.5, 0.6) is 5.75 Å². The van der Waals surface area contributed by atoms with Crippen LogP contribution in [-0.2, 0) is 11.3 Å². The van der Waals surface area contributed by atoms with Crippen LogP contribution in [0.2, 0.25) is 0 Å². The number of carboxylic acid groups (broad SMARTS) is 1. The molecule has 10 nitrogen and oxygen atoms in total. The fraction of sp³-hybridized carbons (Fsp3) is 0.250. The van der Waals surface area contributed by atoms with Crippen LogP contribution in [0.1, 0.15) is 32.7 Å². The summed E-state index contributed by atoms with van der Waals surface area (Å²) in [6.07, 6.45) is -0.363. The molecular weight excluding hydrogens is 390 g/mol. The summed E-state index contributed by atoms with van der Waals surface area (Å²) >= 11 is 0. The highest BCUT2D eigenvalue weighted by Gasteiger charge is 2.16. The number of ether oxygens (including phenoxy) is 1. The molecule has 3 N–H and O–H groups in total. The van der Waals surface area contributed by atoms with E-state index in [1.54, 1.807) is 48.5 Å². The first-order chi connectivity index (χ1) is 14.4. The minimum atomic E-state index is -1.12. The Labute approximate surface area is 172 Å². The number of hydrogen-bond acceptors (Lipinski definition) is 5. The molecule has 2 amide bonds. The van der Waals surface area contributed by atoms with Crippen molar-refractivity contribution in [2.45, 2.75) is 19.0 Å². The third kappa shape index (κ3) is 6.54. The van der Waals surface area contributed by atoms with Gasteiger partial charge in [-0.15, -0.1) is 0 Å². The number of carbonyl (C=O) groups excluding carboxylic acids is 2. The van der Waals surface area contributed by atoms with E-state index < -0.39 is 17.9 Å². The Morgan fingerprint density at radius 3 is 2.47 bits per heavy atom. The Hall–Kier alpha value is -4.04. The lowest BCUT2D eigenvalue weighted by molar-refractivity contribution is -0.137. The number of amides is 2. The Kier molecular flexibility index (Phi) is 8.22. The van der Waals surface area contributed by atoms with Gasteiger partial charge in [0.1, 0.15) is 5.75 Å². The molecule has 1 atom stereocenters. The van der Waals surface area contributed by atoms with E-state index in [1.165, 1.54) is 7.11 Å². The average Bonchev–Trinajstić information content (AvgIpc) is 2.75. The minimum absolute atomic E-state index is 0.165. The zero-order chi connectivity index (χ0) is 21.9. The van der Waals surface area contributed by atoms with Crippen molar-refractivity contribution >= 4 is 17.8 Å². The normalized spacial score (nSPS) is 11.0. The smallest absolute Gasteiger partial charge is 0.305 e. The Bertz CT molecular complexity index is 950. The van der Waals surface area contributed by atoms with Crippen LogP contribution in [0.4, 0.5) is 0 Å². The largest absolute Gasteiger partial charge is 0.496 e. The van der Waals surface area contributed by atoms with E-state index >= 15 is 0 Å². The Balaban J connectivity index is 1.96. The molecule has 0 bridgehead atoms. The van der Waals surface area contributed by atoms with Crippen molar-refractivity contribution in [3.8, 4) is 5.75 Å². The second kappa shape index (κ2) is 11.1. The van der Waals surface area contributed by atoms with Crippen LogP contribution in [0.3, 0.4) is 0 Å². The number of carbonyl (C=O) groups is 3. The summed E-state index contributed by atoms with van der Waals surface area (Å²) in [6, 6.07) is 12.5. The van der Waals surface area contributed by atoms with Crippen molar-refractivity contribution < 1.29 is 24.2 Å². The number of hydrogen-bond donors (Lipinski definition) is 3. The minimum Gasteiger partial charge on any atom is -0.496 e. The predicted octanol–water partition coefficient (Wildman–Crippen LogP) is 2.51. The maximum atomic E-state index is 12.3. The molecule has 0 aliphatic carbocycles. The van der Waals surface area contributed by atoms with Crippen LogP contribution in [0.15, 0.2) is 53.6 Å². The number of nitrogens with one attached hydrogen (secondary N) is 2. The SMILES string of the molecule is COc1ccccc1C(=O)NCc1ccc(C(=O)N[C@H](CN=[N+]=[N-])CC(=O)O)cc1. The summed E-state index contributed by atoms with van der Waals surface area (Å²) in [7, 11) is 1.49. The molecule has 0 spiro atoms. The first-order valence-electron chi connectivity index (χ1n) is 8.98. The van der Waals surface area contributed by atoms with E-state index in [9.17, 15) is 14.4 Å². The van der Waals surface area contributed by atoms with Gasteiger partial charge in [0.05, 0.1) is 19.1 Å². The van der Waals surface area contributed by atoms with Gasteiger partial charge in [-0.25, -0.2) is 0 Å². The van der Waals surface area contributed by atoms with Gasteiger partial charge in [0, 0.05) is 29.6 Å². The van der Waals surface area contributed by atoms with Crippen molar-refractivity contribution in [3.63, 3.8) is 0 Å². The van der Waals surface area contributed by atoms with Crippen LogP contribution < -0.4 is 15.4 Å². The number of carboxylic acids is 1. The van der Waals surface area contributed by atoms with Crippen LogP contribution in [-0.4, -0.2) is 42.6 Å². The Morgan fingerprint density at radius 1 is 1.13 bits per heavy atom. The quantitative estimate of drug-likeness (QED) is 0.311. The maximum absolute atomic E-state index is 12.3. The lowest BCUT2D eigenvalue weighted by Crippen LogP contribution is -2.38. The summed E-state index contributed by atoms with van der Waals surface area (Å²) in [5, 5.41) is 17.5. The number of azide groups is 1. The van der Waals surface area contributed by atoms with E-state index in [0.29, 0.717) is 16.9 Å². The molecule has 2 aromatic rings. The first-order valence-corrected chi connectivity index (χ1v) is 8.98. The van der Waals surface area contributed by atoms with E-state index in [1.807, 2.05) is 0 Å². The van der Waals surface area contributed by atoms with E-state index in [0.717, 1.165) is 5.56 Å². The molecule has 0 aromatic heterocycles. The second-order valence-corrected chi connectivity index (χ2v) is 6.26. The van der Waals surface area contributed by atoms with Crippen LogP contribution in [0, 0.1) is 0 Å². The summed E-state index contributed by atoms with van der Waals surface area (Å²) < 4.78 is 5.17. The molecule has 2 aromatic carbocycles. The predicted molar refractivity (Wildman–Crippen MR) is 108 cm³/mol. The highest BCUT2D eigenvalue weighted by atomic mass is 16.5. The molecule has 0 aliphatic rings. The number of nitrogens with zero attached hydrogens (tertiary/aromatic N) is 3. The van der Waals surface area contributed by atoms with Crippen molar-refractivity contribution in [2.24, 2.45) is 5.11 Å². The molecule has 0 saturated heterocycles. The van der Waals surface area contributed by atoms with Crippen molar-refractivity contribution in [2.75, 3.05) is 13.7 Å². The second-order valence-electron chi connectivity index (χ2n) is 6.26.